The zero-order valence-electron chi connectivity index (χ0n) is 11.7. The lowest BCUT2D eigenvalue weighted by molar-refractivity contribution is -0.385. The Morgan fingerprint density at radius 3 is 2.30 bits per heavy atom. The predicted molar refractivity (Wildman–Crippen MR) is 74.2 cm³/mol. The van der Waals surface area contributed by atoms with Crippen LogP contribution >= 0.6 is 7.60 Å². The van der Waals surface area contributed by atoms with Gasteiger partial charge in [-0.3, -0.25) is 14.7 Å². The first-order valence-electron chi connectivity index (χ1n) is 6.15. The van der Waals surface area contributed by atoms with Gasteiger partial charge < -0.3 is 13.8 Å². The lowest BCUT2D eigenvalue weighted by Crippen LogP contribution is -2.00. The second-order valence-corrected chi connectivity index (χ2v) is 5.92. The third-order valence-electron chi connectivity index (χ3n) is 2.47. The summed E-state index contributed by atoms with van der Waals surface area (Å²) in [4.78, 5) is 10.3. The molecule has 0 fully saturated rings. The summed E-state index contributed by atoms with van der Waals surface area (Å²) >= 11 is 0. The third-order valence-corrected chi connectivity index (χ3v) is 4.52. The highest BCUT2D eigenvalue weighted by molar-refractivity contribution is 7.53. The molecule has 1 rings (SSSR count). The minimum absolute atomic E-state index is 0.0447. The van der Waals surface area contributed by atoms with Gasteiger partial charge in [0.25, 0.3) is 0 Å². The van der Waals surface area contributed by atoms with E-state index < -0.39 is 12.5 Å². The Labute approximate surface area is 117 Å². The molecule has 0 aliphatic carbocycles. The van der Waals surface area contributed by atoms with Crippen LogP contribution in [0.25, 0.3) is 0 Å². The van der Waals surface area contributed by atoms with Crippen LogP contribution in [0, 0.1) is 10.1 Å². The molecule has 0 aliphatic heterocycles. The zero-order valence-corrected chi connectivity index (χ0v) is 12.6. The van der Waals surface area contributed by atoms with Crippen LogP contribution in [-0.2, 0) is 19.8 Å². The van der Waals surface area contributed by atoms with E-state index in [0.29, 0.717) is 5.56 Å². The topological polar surface area (TPSA) is 87.9 Å². The Morgan fingerprint density at radius 2 is 1.85 bits per heavy atom. The molecule has 112 valence electrons. The molecule has 0 N–H and O–H groups in total. The van der Waals surface area contributed by atoms with Gasteiger partial charge in [0.2, 0.25) is 0 Å². The van der Waals surface area contributed by atoms with Crippen LogP contribution in [0.2, 0.25) is 0 Å². The van der Waals surface area contributed by atoms with Crippen molar-refractivity contribution in [2.75, 3.05) is 20.3 Å². The van der Waals surface area contributed by atoms with E-state index in [1.54, 1.807) is 13.8 Å². The normalized spacial score (nSPS) is 11.3. The van der Waals surface area contributed by atoms with E-state index in [4.69, 9.17) is 13.8 Å². The maximum absolute atomic E-state index is 12.4. The number of rotatable bonds is 8. The Morgan fingerprint density at radius 1 is 1.25 bits per heavy atom. The van der Waals surface area contributed by atoms with E-state index in [-0.39, 0.29) is 30.8 Å². The van der Waals surface area contributed by atoms with Crippen LogP contribution in [0.5, 0.6) is 5.75 Å². The van der Waals surface area contributed by atoms with Gasteiger partial charge in [-0.05, 0) is 25.5 Å². The van der Waals surface area contributed by atoms with Crippen LogP contribution in [-0.4, -0.2) is 25.2 Å². The number of benzene rings is 1. The summed E-state index contributed by atoms with van der Waals surface area (Å²) in [5, 5.41) is 10.8. The zero-order chi connectivity index (χ0) is 15.2. The maximum Gasteiger partial charge on any atom is 0.335 e. The van der Waals surface area contributed by atoms with Crippen LogP contribution < -0.4 is 4.74 Å². The summed E-state index contributed by atoms with van der Waals surface area (Å²) in [5.41, 5.74) is 0.455. The molecule has 0 unspecified atom stereocenters. The van der Waals surface area contributed by atoms with Crippen molar-refractivity contribution in [2.45, 2.75) is 20.0 Å². The smallest absolute Gasteiger partial charge is 0.335 e. The molecule has 0 atom stereocenters. The van der Waals surface area contributed by atoms with Gasteiger partial charge in [0.15, 0.2) is 5.75 Å². The average molecular weight is 303 g/mol. The molecule has 20 heavy (non-hydrogen) atoms. The van der Waals surface area contributed by atoms with Crippen molar-refractivity contribution in [1.29, 1.82) is 0 Å². The van der Waals surface area contributed by atoms with Crippen molar-refractivity contribution in [3.05, 3.63) is 33.9 Å². The van der Waals surface area contributed by atoms with Crippen molar-refractivity contribution in [3.63, 3.8) is 0 Å². The van der Waals surface area contributed by atoms with Gasteiger partial charge in [0.1, 0.15) is 0 Å². The number of nitrogens with zero attached hydrogens (tertiary/aromatic N) is 1. The van der Waals surface area contributed by atoms with E-state index in [9.17, 15) is 14.7 Å². The van der Waals surface area contributed by atoms with E-state index in [2.05, 4.69) is 0 Å². The Hall–Kier alpha value is -1.43. The van der Waals surface area contributed by atoms with Crippen LogP contribution in [0.15, 0.2) is 18.2 Å². The number of hydrogen-bond acceptors (Lipinski definition) is 6. The van der Waals surface area contributed by atoms with Gasteiger partial charge in [-0.1, -0.05) is 6.07 Å². The second kappa shape index (κ2) is 7.38. The van der Waals surface area contributed by atoms with Gasteiger partial charge in [-0.2, -0.15) is 0 Å². The number of hydrogen-bond donors (Lipinski definition) is 0. The quantitative estimate of drug-likeness (QED) is 0.415. The second-order valence-electron chi connectivity index (χ2n) is 3.87. The van der Waals surface area contributed by atoms with E-state index in [1.165, 1.54) is 25.3 Å². The van der Waals surface area contributed by atoms with Crippen molar-refractivity contribution < 1.29 is 23.3 Å². The van der Waals surface area contributed by atoms with Crippen LogP contribution in [0.3, 0.4) is 0 Å². The van der Waals surface area contributed by atoms with E-state index in [1.807, 2.05) is 0 Å². The van der Waals surface area contributed by atoms with Gasteiger partial charge in [-0.25, -0.2) is 0 Å². The summed E-state index contributed by atoms with van der Waals surface area (Å²) in [6, 6.07) is 4.31. The minimum Gasteiger partial charge on any atom is -0.490 e. The number of methoxy groups -OCH3 is 1. The largest absolute Gasteiger partial charge is 0.490 e. The SMILES string of the molecule is CCOP(=O)(Cc1ccc([N+](=O)[O-])c(OC)c1)OCC. The van der Waals surface area contributed by atoms with Crippen molar-refractivity contribution in [1.82, 2.24) is 0 Å². The maximum atomic E-state index is 12.4. The first-order chi connectivity index (χ1) is 9.45. The Bertz CT molecular complexity index is 509. The molecule has 0 amide bonds. The highest BCUT2D eigenvalue weighted by Gasteiger charge is 2.25. The third kappa shape index (κ3) is 4.30. The van der Waals surface area contributed by atoms with Crippen molar-refractivity contribution in [2.24, 2.45) is 0 Å². The molecule has 1 aromatic carbocycles. The highest BCUT2D eigenvalue weighted by Crippen LogP contribution is 2.51. The van der Waals surface area contributed by atoms with Gasteiger partial charge in [0, 0.05) is 6.07 Å². The average Bonchev–Trinajstić information content (AvgIpc) is 2.38. The molecule has 0 bridgehead atoms. The monoisotopic (exact) mass is 303 g/mol. The molecule has 0 aliphatic rings. The fourth-order valence-corrected chi connectivity index (χ4v) is 3.40. The molecule has 0 spiro atoms. The summed E-state index contributed by atoms with van der Waals surface area (Å²) in [6.45, 7) is 3.98. The Balaban J connectivity index is 3.02. The minimum atomic E-state index is -3.24. The summed E-state index contributed by atoms with van der Waals surface area (Å²) in [6.07, 6.45) is 0.0447. The molecule has 8 heteroatoms. The molecule has 0 radical (unpaired) electrons. The predicted octanol–water partition coefficient (Wildman–Crippen LogP) is 3.37. The lowest BCUT2D eigenvalue weighted by Gasteiger charge is -2.17. The first kappa shape index (κ1) is 16.6. The van der Waals surface area contributed by atoms with Gasteiger partial charge in [-0.15, -0.1) is 0 Å². The summed E-state index contributed by atoms with van der Waals surface area (Å²) < 4.78 is 27.7. The fraction of sp³-hybridized carbons (Fsp3) is 0.500. The molecule has 7 nitrogen and oxygen atoms in total. The number of nitro groups is 1. The van der Waals surface area contributed by atoms with Crippen molar-refractivity contribution >= 4 is 13.3 Å². The highest BCUT2D eigenvalue weighted by atomic mass is 31.2. The molecular weight excluding hydrogens is 285 g/mol. The van der Waals surface area contributed by atoms with Gasteiger partial charge in [0.05, 0.1) is 31.4 Å². The van der Waals surface area contributed by atoms with Crippen molar-refractivity contribution in [3.8, 4) is 5.75 Å². The van der Waals surface area contributed by atoms with Gasteiger partial charge >= 0.3 is 13.3 Å². The molecule has 0 aromatic heterocycles. The van der Waals surface area contributed by atoms with Crippen LogP contribution in [0.1, 0.15) is 19.4 Å². The molecule has 0 saturated carbocycles. The summed E-state index contributed by atoms with van der Waals surface area (Å²) in [7, 11) is -1.89. The lowest BCUT2D eigenvalue weighted by atomic mass is 10.2. The Kier molecular flexibility index (Phi) is 6.13. The first-order valence-corrected chi connectivity index (χ1v) is 7.88. The molecule has 1 aromatic rings. The van der Waals surface area contributed by atoms with Crippen LogP contribution in [0.4, 0.5) is 5.69 Å². The molecular formula is C12H18NO6P. The molecule has 0 heterocycles. The number of nitro benzene ring substituents is 1. The fourth-order valence-electron chi connectivity index (χ4n) is 1.72. The summed E-state index contributed by atoms with van der Waals surface area (Å²) in [5.74, 6) is 0.118. The number of ether oxygens (including phenoxy) is 1. The van der Waals surface area contributed by atoms with E-state index >= 15 is 0 Å². The van der Waals surface area contributed by atoms with E-state index in [0.717, 1.165) is 0 Å². The standard InChI is InChI=1S/C12H18NO6P/c1-4-18-20(16,19-5-2)9-10-6-7-11(13(14)15)12(8-10)17-3/h6-8H,4-5,9H2,1-3H3. The molecule has 0 saturated heterocycles.